The topological polar surface area (TPSA) is 73.6 Å². The molecule has 0 fully saturated rings. The number of hydrogen-bond acceptors (Lipinski definition) is 5. The summed E-state index contributed by atoms with van der Waals surface area (Å²) < 4.78 is 16.7. The van der Waals surface area contributed by atoms with Gasteiger partial charge in [-0.1, -0.05) is 35.5 Å². The van der Waals surface area contributed by atoms with Crippen LogP contribution in [0.3, 0.4) is 0 Å². The van der Waals surface area contributed by atoms with E-state index in [0.29, 0.717) is 31.1 Å². The van der Waals surface area contributed by atoms with Crippen molar-refractivity contribution in [2.24, 2.45) is 0 Å². The summed E-state index contributed by atoms with van der Waals surface area (Å²) in [6.07, 6.45) is 0. The second-order valence-electron chi connectivity index (χ2n) is 7.23. The van der Waals surface area contributed by atoms with Crippen LogP contribution >= 0.6 is 0 Å². The Kier molecular flexibility index (Phi) is 6.17. The van der Waals surface area contributed by atoms with Gasteiger partial charge in [-0.25, -0.2) is 0 Å². The minimum atomic E-state index is -0.153. The van der Waals surface area contributed by atoms with Crippen molar-refractivity contribution in [3.63, 3.8) is 0 Å². The molecule has 4 aromatic rings. The number of nitrogens with one attached hydrogen (secondary N) is 1. The standard InChI is InChI=1S/C25H24N2O4/c1-17-24(18(2)31-27-17)16-30-22-10-8-20(9-11-22)25(28)26-13-14-29-23-12-7-19-5-3-4-6-21(19)15-23/h3-12,15H,13-14,16H2,1-2H3,(H,26,28). The van der Waals surface area contributed by atoms with E-state index >= 15 is 0 Å². The van der Waals surface area contributed by atoms with Gasteiger partial charge in [-0.05, 0) is 61.0 Å². The quantitative estimate of drug-likeness (QED) is 0.417. The molecular formula is C25H24N2O4. The van der Waals surface area contributed by atoms with Gasteiger partial charge in [0.05, 0.1) is 17.8 Å². The van der Waals surface area contributed by atoms with E-state index in [0.717, 1.165) is 28.2 Å². The van der Waals surface area contributed by atoms with Crippen molar-refractivity contribution < 1.29 is 18.8 Å². The van der Waals surface area contributed by atoms with Crippen molar-refractivity contribution in [2.75, 3.05) is 13.2 Å². The zero-order valence-electron chi connectivity index (χ0n) is 17.6. The number of fused-ring (bicyclic) bond motifs is 1. The van der Waals surface area contributed by atoms with Crippen molar-refractivity contribution in [2.45, 2.75) is 20.5 Å². The van der Waals surface area contributed by atoms with E-state index in [9.17, 15) is 4.79 Å². The van der Waals surface area contributed by atoms with Crippen LogP contribution in [0.15, 0.2) is 71.3 Å². The van der Waals surface area contributed by atoms with Gasteiger partial charge in [-0.15, -0.1) is 0 Å². The van der Waals surface area contributed by atoms with E-state index in [4.69, 9.17) is 14.0 Å². The highest BCUT2D eigenvalue weighted by molar-refractivity contribution is 5.94. The molecule has 1 heterocycles. The van der Waals surface area contributed by atoms with Crippen LogP contribution in [0.5, 0.6) is 11.5 Å². The molecule has 0 saturated carbocycles. The van der Waals surface area contributed by atoms with Gasteiger partial charge in [0.15, 0.2) is 0 Å². The molecule has 0 bridgehead atoms. The molecule has 158 valence electrons. The van der Waals surface area contributed by atoms with Gasteiger partial charge < -0.3 is 19.3 Å². The number of aromatic nitrogens is 1. The van der Waals surface area contributed by atoms with Gasteiger partial charge in [0, 0.05) is 5.56 Å². The Morgan fingerprint density at radius 1 is 0.935 bits per heavy atom. The first-order valence-electron chi connectivity index (χ1n) is 10.1. The number of carbonyl (C=O) groups is 1. The molecule has 4 rings (SSSR count). The number of hydrogen-bond donors (Lipinski definition) is 1. The minimum Gasteiger partial charge on any atom is -0.492 e. The number of amides is 1. The second kappa shape index (κ2) is 9.34. The predicted octanol–water partition coefficient (Wildman–Crippen LogP) is 4.83. The summed E-state index contributed by atoms with van der Waals surface area (Å²) in [5.41, 5.74) is 2.32. The van der Waals surface area contributed by atoms with Gasteiger partial charge in [0.2, 0.25) is 0 Å². The fourth-order valence-corrected chi connectivity index (χ4v) is 3.26. The fourth-order valence-electron chi connectivity index (χ4n) is 3.26. The smallest absolute Gasteiger partial charge is 0.251 e. The van der Waals surface area contributed by atoms with E-state index in [1.807, 2.05) is 50.2 Å². The largest absolute Gasteiger partial charge is 0.492 e. The first kappa shape index (κ1) is 20.5. The number of benzene rings is 3. The number of rotatable bonds is 8. The Morgan fingerprint density at radius 2 is 1.68 bits per heavy atom. The van der Waals surface area contributed by atoms with Gasteiger partial charge in [-0.3, -0.25) is 4.79 Å². The highest BCUT2D eigenvalue weighted by Crippen LogP contribution is 2.20. The molecule has 0 radical (unpaired) electrons. The Balaban J connectivity index is 1.23. The van der Waals surface area contributed by atoms with E-state index in [-0.39, 0.29) is 5.91 Å². The Morgan fingerprint density at radius 3 is 2.42 bits per heavy atom. The molecule has 0 spiro atoms. The molecular weight excluding hydrogens is 392 g/mol. The molecule has 1 aromatic heterocycles. The lowest BCUT2D eigenvalue weighted by Crippen LogP contribution is -2.28. The molecule has 1 amide bonds. The summed E-state index contributed by atoms with van der Waals surface area (Å²) in [6.45, 7) is 4.92. The lowest BCUT2D eigenvalue weighted by molar-refractivity contribution is 0.0947. The summed E-state index contributed by atoms with van der Waals surface area (Å²) in [7, 11) is 0. The maximum absolute atomic E-state index is 12.3. The van der Waals surface area contributed by atoms with Gasteiger partial charge in [0.25, 0.3) is 5.91 Å². The average Bonchev–Trinajstić information content (AvgIpc) is 3.12. The van der Waals surface area contributed by atoms with Gasteiger partial charge in [-0.2, -0.15) is 0 Å². The van der Waals surface area contributed by atoms with Crippen LogP contribution in [0.1, 0.15) is 27.4 Å². The minimum absolute atomic E-state index is 0.153. The van der Waals surface area contributed by atoms with Crippen LogP contribution in [0.4, 0.5) is 0 Å². The third-order valence-electron chi connectivity index (χ3n) is 5.06. The highest BCUT2D eigenvalue weighted by atomic mass is 16.5. The summed E-state index contributed by atoms with van der Waals surface area (Å²) in [5.74, 6) is 2.06. The van der Waals surface area contributed by atoms with Crippen LogP contribution < -0.4 is 14.8 Å². The third kappa shape index (κ3) is 5.04. The van der Waals surface area contributed by atoms with Crippen LogP contribution in [-0.2, 0) is 6.61 Å². The molecule has 0 aliphatic carbocycles. The first-order chi connectivity index (χ1) is 15.1. The summed E-state index contributed by atoms with van der Waals surface area (Å²) in [5, 5.41) is 9.08. The van der Waals surface area contributed by atoms with Crippen LogP contribution in [0.25, 0.3) is 10.8 Å². The second-order valence-corrected chi connectivity index (χ2v) is 7.23. The monoisotopic (exact) mass is 416 g/mol. The number of ether oxygens (including phenoxy) is 2. The molecule has 0 unspecified atom stereocenters. The lowest BCUT2D eigenvalue weighted by Gasteiger charge is -2.10. The maximum atomic E-state index is 12.3. The molecule has 0 aliphatic rings. The van der Waals surface area contributed by atoms with Crippen LogP contribution in [0.2, 0.25) is 0 Å². The maximum Gasteiger partial charge on any atom is 0.251 e. The van der Waals surface area contributed by atoms with Gasteiger partial charge in [0.1, 0.15) is 30.5 Å². The molecule has 6 heteroatoms. The summed E-state index contributed by atoms with van der Waals surface area (Å²) in [6, 6.07) is 21.1. The molecule has 31 heavy (non-hydrogen) atoms. The number of carbonyl (C=O) groups excluding carboxylic acids is 1. The molecule has 0 aliphatic heterocycles. The van der Waals surface area contributed by atoms with E-state index in [1.165, 1.54) is 5.39 Å². The van der Waals surface area contributed by atoms with Crippen LogP contribution in [-0.4, -0.2) is 24.2 Å². The molecule has 0 saturated heterocycles. The van der Waals surface area contributed by atoms with E-state index < -0.39 is 0 Å². The zero-order chi connectivity index (χ0) is 21.6. The third-order valence-corrected chi connectivity index (χ3v) is 5.06. The summed E-state index contributed by atoms with van der Waals surface area (Å²) >= 11 is 0. The van der Waals surface area contributed by atoms with Gasteiger partial charge >= 0.3 is 0 Å². The Labute approximate surface area is 180 Å². The number of aryl methyl sites for hydroxylation is 2. The number of nitrogens with zero attached hydrogens (tertiary/aromatic N) is 1. The lowest BCUT2D eigenvalue weighted by atomic mass is 10.1. The summed E-state index contributed by atoms with van der Waals surface area (Å²) in [4.78, 5) is 12.3. The van der Waals surface area contributed by atoms with Crippen molar-refractivity contribution in [1.82, 2.24) is 10.5 Å². The average molecular weight is 416 g/mol. The highest BCUT2D eigenvalue weighted by Gasteiger charge is 2.10. The Bertz CT molecular complexity index is 1160. The molecule has 1 N–H and O–H groups in total. The molecule has 6 nitrogen and oxygen atoms in total. The van der Waals surface area contributed by atoms with Crippen LogP contribution in [0, 0.1) is 13.8 Å². The molecule has 3 aromatic carbocycles. The SMILES string of the molecule is Cc1noc(C)c1COc1ccc(C(=O)NCCOc2ccc3ccccc3c2)cc1. The first-order valence-corrected chi connectivity index (χ1v) is 10.1. The fraction of sp³-hybridized carbons (Fsp3) is 0.200. The normalized spacial score (nSPS) is 10.8. The van der Waals surface area contributed by atoms with Crippen molar-refractivity contribution >= 4 is 16.7 Å². The van der Waals surface area contributed by atoms with E-state index in [1.54, 1.807) is 24.3 Å². The van der Waals surface area contributed by atoms with Crippen molar-refractivity contribution in [1.29, 1.82) is 0 Å². The van der Waals surface area contributed by atoms with Crippen molar-refractivity contribution in [3.05, 3.63) is 89.3 Å². The van der Waals surface area contributed by atoms with E-state index in [2.05, 4.69) is 16.5 Å². The molecule has 0 atom stereocenters. The zero-order valence-corrected chi connectivity index (χ0v) is 17.6. The predicted molar refractivity (Wildman–Crippen MR) is 119 cm³/mol. The van der Waals surface area contributed by atoms with Crippen molar-refractivity contribution in [3.8, 4) is 11.5 Å². The Hall–Kier alpha value is -3.80.